The second kappa shape index (κ2) is 6.45. The van der Waals surface area contributed by atoms with Crippen molar-refractivity contribution in [2.75, 3.05) is 6.54 Å². The van der Waals surface area contributed by atoms with Gasteiger partial charge in [-0.1, -0.05) is 61.5 Å². The first-order valence-electron chi connectivity index (χ1n) is 9.13. The van der Waals surface area contributed by atoms with Crippen LogP contribution in [0.5, 0.6) is 0 Å². The molecule has 2 aliphatic rings. The number of hydrogen-bond acceptors (Lipinski definition) is 4. The molecule has 132 valence electrons. The maximum absolute atomic E-state index is 13.3. The Labute approximate surface area is 153 Å². The maximum atomic E-state index is 13.3. The molecule has 0 saturated carbocycles. The van der Waals surface area contributed by atoms with E-state index in [1.807, 2.05) is 30.3 Å². The topological polar surface area (TPSA) is 40.6 Å². The fourth-order valence-corrected chi connectivity index (χ4v) is 3.95. The van der Waals surface area contributed by atoms with E-state index in [2.05, 4.69) is 35.8 Å². The Morgan fingerprint density at radius 2 is 1.35 bits per heavy atom. The highest BCUT2D eigenvalue weighted by Gasteiger charge is 2.45. The van der Waals surface area contributed by atoms with E-state index >= 15 is 0 Å². The zero-order valence-electron chi connectivity index (χ0n) is 15.1. The summed E-state index contributed by atoms with van der Waals surface area (Å²) >= 11 is 0. The molecule has 1 atom stereocenters. The minimum atomic E-state index is -0.0448. The van der Waals surface area contributed by atoms with Crippen LogP contribution in [0.2, 0.25) is 0 Å². The van der Waals surface area contributed by atoms with Gasteiger partial charge in [0.05, 0.1) is 6.17 Å². The number of allylic oxidation sites excluding steroid dienone is 2. The minimum Gasteiger partial charge on any atom is -0.346 e. The summed E-state index contributed by atoms with van der Waals surface area (Å²) in [5, 5.41) is 0. The number of Topliss-reactive ketones (excluding diaryl/α,β-unsaturated/α-hetero) is 2. The number of benzene rings is 2. The van der Waals surface area contributed by atoms with Gasteiger partial charge < -0.3 is 9.80 Å². The Hall–Kier alpha value is -2.88. The average molecular weight is 346 g/mol. The fraction of sp³-hybridized carbons (Fsp3) is 0.273. The van der Waals surface area contributed by atoms with Crippen molar-refractivity contribution < 1.29 is 9.59 Å². The normalized spacial score (nSPS) is 19.1. The molecule has 0 spiro atoms. The van der Waals surface area contributed by atoms with Gasteiger partial charge in [0.15, 0.2) is 0 Å². The molecule has 1 heterocycles. The third-order valence-electron chi connectivity index (χ3n) is 5.21. The van der Waals surface area contributed by atoms with Crippen LogP contribution in [0, 0.1) is 0 Å². The smallest absolute Gasteiger partial charge is 0.212 e. The first-order chi connectivity index (χ1) is 12.6. The van der Waals surface area contributed by atoms with E-state index in [0.717, 1.165) is 18.5 Å². The van der Waals surface area contributed by atoms with Crippen molar-refractivity contribution in [3.63, 3.8) is 0 Å². The van der Waals surface area contributed by atoms with Gasteiger partial charge in [0.2, 0.25) is 11.6 Å². The first kappa shape index (κ1) is 16.6. The largest absolute Gasteiger partial charge is 0.346 e. The lowest BCUT2D eigenvalue weighted by molar-refractivity contribution is 0.0949. The zero-order valence-corrected chi connectivity index (χ0v) is 15.1. The summed E-state index contributed by atoms with van der Waals surface area (Å²) in [5.74, 6) is -0.0809. The molecule has 1 aliphatic heterocycles. The van der Waals surface area contributed by atoms with Gasteiger partial charge in [-0.2, -0.15) is 0 Å². The van der Waals surface area contributed by atoms with Crippen LogP contribution >= 0.6 is 0 Å². The Kier molecular flexibility index (Phi) is 4.11. The van der Waals surface area contributed by atoms with E-state index in [1.54, 1.807) is 12.1 Å². The molecule has 0 amide bonds. The van der Waals surface area contributed by atoms with Crippen LogP contribution in [0.15, 0.2) is 66.0 Å². The number of ketones is 2. The molecular formula is C22H22N2O2. The summed E-state index contributed by atoms with van der Waals surface area (Å²) in [6, 6.07) is 17.2. The number of hydrogen-bond donors (Lipinski definition) is 0. The Balaban J connectivity index is 1.82. The molecule has 0 bridgehead atoms. The lowest BCUT2D eigenvalue weighted by Crippen LogP contribution is -2.39. The van der Waals surface area contributed by atoms with Gasteiger partial charge in [-0.15, -0.1) is 0 Å². The van der Waals surface area contributed by atoms with Gasteiger partial charge in [-0.25, -0.2) is 0 Å². The van der Waals surface area contributed by atoms with Crippen LogP contribution in [-0.4, -0.2) is 34.1 Å². The highest BCUT2D eigenvalue weighted by atomic mass is 16.1. The molecule has 4 heteroatoms. The molecule has 0 aromatic heterocycles. The standard InChI is InChI=1S/C22H22N2O2/c1-3-13-23-15(2)24(14-16-9-5-4-6-10-16)20-19(23)21(25)17-11-7-8-12-18(17)22(20)26/h4-12,15H,3,13-14H2,1-2H3. The third-order valence-corrected chi connectivity index (χ3v) is 5.21. The van der Waals surface area contributed by atoms with Gasteiger partial charge in [-0.05, 0) is 18.9 Å². The molecule has 0 radical (unpaired) electrons. The van der Waals surface area contributed by atoms with Crippen molar-refractivity contribution in [3.8, 4) is 0 Å². The van der Waals surface area contributed by atoms with Crippen LogP contribution in [-0.2, 0) is 6.54 Å². The second-order valence-electron chi connectivity index (χ2n) is 6.84. The van der Waals surface area contributed by atoms with Gasteiger partial charge >= 0.3 is 0 Å². The highest BCUT2D eigenvalue weighted by molar-refractivity contribution is 6.26. The third kappa shape index (κ3) is 2.45. The maximum Gasteiger partial charge on any atom is 0.212 e. The van der Waals surface area contributed by atoms with Gasteiger partial charge in [0.1, 0.15) is 11.4 Å². The van der Waals surface area contributed by atoms with Gasteiger partial charge in [0.25, 0.3) is 0 Å². The molecule has 2 aromatic carbocycles. The molecule has 26 heavy (non-hydrogen) atoms. The van der Waals surface area contributed by atoms with E-state index < -0.39 is 0 Å². The average Bonchev–Trinajstić information content (AvgIpc) is 2.94. The molecule has 0 saturated heterocycles. The summed E-state index contributed by atoms with van der Waals surface area (Å²) in [6.45, 7) is 5.53. The Morgan fingerprint density at radius 3 is 1.92 bits per heavy atom. The lowest BCUT2D eigenvalue weighted by Gasteiger charge is -2.31. The summed E-state index contributed by atoms with van der Waals surface area (Å²) in [7, 11) is 0. The molecule has 4 rings (SSSR count). The molecule has 1 aliphatic carbocycles. The Morgan fingerprint density at radius 1 is 0.808 bits per heavy atom. The molecular weight excluding hydrogens is 324 g/mol. The van der Waals surface area contributed by atoms with Crippen LogP contribution in [0.25, 0.3) is 0 Å². The van der Waals surface area contributed by atoms with Crippen LogP contribution in [0.1, 0.15) is 46.5 Å². The molecule has 0 N–H and O–H groups in total. The predicted octanol–water partition coefficient (Wildman–Crippen LogP) is 3.85. The van der Waals surface area contributed by atoms with E-state index in [4.69, 9.17) is 0 Å². The Bertz CT molecular complexity index is 901. The lowest BCUT2D eigenvalue weighted by atomic mass is 9.90. The first-order valence-corrected chi connectivity index (χ1v) is 9.13. The van der Waals surface area contributed by atoms with E-state index in [0.29, 0.717) is 29.1 Å². The zero-order chi connectivity index (χ0) is 18.3. The second-order valence-corrected chi connectivity index (χ2v) is 6.84. The number of nitrogens with zero attached hydrogens (tertiary/aromatic N) is 2. The quantitative estimate of drug-likeness (QED) is 0.843. The van der Waals surface area contributed by atoms with Crippen molar-refractivity contribution in [2.45, 2.75) is 33.0 Å². The van der Waals surface area contributed by atoms with Crippen LogP contribution in [0.4, 0.5) is 0 Å². The minimum absolute atomic E-state index is 0.0256. The number of fused-ring (bicyclic) bond motifs is 1. The summed E-state index contributed by atoms with van der Waals surface area (Å²) < 4.78 is 0. The number of carbonyl (C=O) groups is 2. The molecule has 1 unspecified atom stereocenters. The number of rotatable bonds is 4. The summed E-state index contributed by atoms with van der Waals surface area (Å²) in [4.78, 5) is 30.6. The van der Waals surface area contributed by atoms with Crippen molar-refractivity contribution >= 4 is 11.6 Å². The molecule has 2 aromatic rings. The SMILES string of the molecule is CCCN1C2=C(C(=O)c3ccccc3C2=O)N(Cc2ccccc2)C1C. The molecule has 0 fully saturated rings. The highest BCUT2D eigenvalue weighted by Crippen LogP contribution is 2.38. The van der Waals surface area contributed by atoms with E-state index in [-0.39, 0.29) is 17.7 Å². The van der Waals surface area contributed by atoms with Gasteiger partial charge in [0, 0.05) is 24.2 Å². The van der Waals surface area contributed by atoms with Crippen LogP contribution < -0.4 is 0 Å². The monoisotopic (exact) mass is 346 g/mol. The fourth-order valence-electron chi connectivity index (χ4n) is 3.95. The van der Waals surface area contributed by atoms with E-state index in [1.165, 1.54) is 0 Å². The number of carbonyl (C=O) groups excluding carboxylic acids is 2. The van der Waals surface area contributed by atoms with Gasteiger partial charge in [-0.3, -0.25) is 9.59 Å². The predicted molar refractivity (Wildman–Crippen MR) is 101 cm³/mol. The van der Waals surface area contributed by atoms with Crippen LogP contribution in [0.3, 0.4) is 0 Å². The van der Waals surface area contributed by atoms with Crippen molar-refractivity contribution in [1.82, 2.24) is 9.80 Å². The molecule has 4 nitrogen and oxygen atoms in total. The van der Waals surface area contributed by atoms with Crippen molar-refractivity contribution in [3.05, 3.63) is 82.7 Å². The van der Waals surface area contributed by atoms with Crippen molar-refractivity contribution in [1.29, 1.82) is 0 Å². The van der Waals surface area contributed by atoms with Crippen molar-refractivity contribution in [2.24, 2.45) is 0 Å². The summed E-state index contributed by atoms with van der Waals surface area (Å²) in [6.07, 6.45) is 0.894. The summed E-state index contributed by atoms with van der Waals surface area (Å²) in [5.41, 5.74) is 3.28. The van der Waals surface area contributed by atoms with E-state index in [9.17, 15) is 9.59 Å².